The molecule has 2 amide bonds. The van der Waals surface area contributed by atoms with Crippen LogP contribution in [0.5, 0.6) is 11.5 Å². The maximum Gasteiger partial charge on any atom is 0.412 e. The van der Waals surface area contributed by atoms with E-state index in [1.54, 1.807) is 43.9 Å². The van der Waals surface area contributed by atoms with Gasteiger partial charge in [0.25, 0.3) is 0 Å². The number of anilines is 1. The van der Waals surface area contributed by atoms with Crippen LogP contribution >= 0.6 is 0 Å². The standard InChI is InChI=1S/C25H32N2O6/c1-25(2,3)33-23(28)26-21-11-10-20(16-22(21)30-4)32-19-12-14-27(15-13-19)24(29)31-17-18-8-6-5-7-9-18/h5-11,16,19H,12-15,17H2,1-4H3,(H,26,28). The molecule has 1 saturated heterocycles. The summed E-state index contributed by atoms with van der Waals surface area (Å²) in [7, 11) is 1.53. The van der Waals surface area contributed by atoms with E-state index in [9.17, 15) is 9.59 Å². The van der Waals surface area contributed by atoms with E-state index < -0.39 is 11.7 Å². The molecule has 1 aliphatic heterocycles. The minimum absolute atomic E-state index is 0.0301. The van der Waals surface area contributed by atoms with E-state index >= 15 is 0 Å². The van der Waals surface area contributed by atoms with Gasteiger partial charge in [-0.15, -0.1) is 0 Å². The summed E-state index contributed by atoms with van der Waals surface area (Å²) >= 11 is 0. The number of ether oxygens (including phenoxy) is 4. The van der Waals surface area contributed by atoms with Gasteiger partial charge in [0.1, 0.15) is 29.8 Å². The Labute approximate surface area is 194 Å². The lowest BCUT2D eigenvalue weighted by molar-refractivity contribution is 0.0624. The molecule has 178 valence electrons. The van der Waals surface area contributed by atoms with Gasteiger partial charge in [-0.05, 0) is 38.5 Å². The Hall–Kier alpha value is -3.42. The number of piperidine rings is 1. The van der Waals surface area contributed by atoms with E-state index in [0.717, 1.165) is 5.56 Å². The number of hydrogen-bond donors (Lipinski definition) is 1. The number of methoxy groups -OCH3 is 1. The van der Waals surface area contributed by atoms with Crippen LogP contribution in [0.25, 0.3) is 0 Å². The lowest BCUT2D eigenvalue weighted by atomic mass is 10.1. The Kier molecular flexibility index (Phi) is 8.03. The van der Waals surface area contributed by atoms with Gasteiger partial charge in [-0.3, -0.25) is 5.32 Å². The predicted octanol–water partition coefficient (Wildman–Crippen LogP) is 5.22. The molecule has 8 heteroatoms. The molecule has 2 aromatic rings. The van der Waals surface area contributed by atoms with Crippen molar-refractivity contribution in [2.45, 2.75) is 51.9 Å². The number of likely N-dealkylation sites (tertiary alicyclic amines) is 1. The second-order valence-electron chi connectivity index (χ2n) is 8.83. The van der Waals surface area contributed by atoms with Gasteiger partial charge < -0.3 is 23.8 Å². The van der Waals surface area contributed by atoms with Crippen molar-refractivity contribution in [1.82, 2.24) is 4.90 Å². The first-order valence-electron chi connectivity index (χ1n) is 11.0. The molecule has 0 unspecified atom stereocenters. The Morgan fingerprint density at radius 1 is 1.06 bits per heavy atom. The van der Waals surface area contributed by atoms with E-state index in [2.05, 4.69) is 5.32 Å². The second-order valence-corrected chi connectivity index (χ2v) is 8.83. The highest BCUT2D eigenvalue weighted by Gasteiger charge is 2.25. The first kappa shape index (κ1) is 24.2. The van der Waals surface area contributed by atoms with Crippen molar-refractivity contribution in [2.75, 3.05) is 25.5 Å². The maximum atomic E-state index is 12.3. The smallest absolute Gasteiger partial charge is 0.412 e. The van der Waals surface area contributed by atoms with Gasteiger partial charge in [0, 0.05) is 32.0 Å². The zero-order chi connectivity index (χ0) is 23.8. The molecule has 0 saturated carbocycles. The van der Waals surface area contributed by atoms with Crippen LogP contribution in [-0.2, 0) is 16.1 Å². The summed E-state index contributed by atoms with van der Waals surface area (Å²) in [5.41, 5.74) is 0.862. The predicted molar refractivity (Wildman–Crippen MR) is 125 cm³/mol. The largest absolute Gasteiger partial charge is 0.494 e. The molecule has 0 atom stereocenters. The first-order valence-corrected chi connectivity index (χ1v) is 11.0. The number of amides is 2. The lowest BCUT2D eigenvalue weighted by Gasteiger charge is -2.31. The van der Waals surface area contributed by atoms with Gasteiger partial charge in [0.15, 0.2) is 0 Å². The molecule has 1 aliphatic rings. The molecule has 1 fully saturated rings. The fraction of sp³-hybridized carbons (Fsp3) is 0.440. The Bertz CT molecular complexity index is 934. The van der Waals surface area contributed by atoms with Crippen molar-refractivity contribution < 1.29 is 28.5 Å². The molecule has 8 nitrogen and oxygen atoms in total. The fourth-order valence-electron chi connectivity index (χ4n) is 3.42. The van der Waals surface area contributed by atoms with Crippen LogP contribution in [0, 0.1) is 0 Å². The number of nitrogens with zero attached hydrogens (tertiary/aromatic N) is 1. The molecule has 3 rings (SSSR count). The minimum atomic E-state index is -0.594. The third-order valence-corrected chi connectivity index (χ3v) is 5.02. The highest BCUT2D eigenvalue weighted by molar-refractivity contribution is 5.87. The quantitative estimate of drug-likeness (QED) is 0.641. The lowest BCUT2D eigenvalue weighted by Crippen LogP contribution is -2.42. The summed E-state index contributed by atoms with van der Waals surface area (Å²) in [5, 5.41) is 2.69. The highest BCUT2D eigenvalue weighted by Crippen LogP contribution is 2.31. The molecule has 1 N–H and O–H groups in total. The van der Waals surface area contributed by atoms with E-state index in [1.165, 1.54) is 7.11 Å². The summed E-state index contributed by atoms with van der Waals surface area (Å²) in [4.78, 5) is 26.1. The highest BCUT2D eigenvalue weighted by atomic mass is 16.6. The van der Waals surface area contributed by atoms with Gasteiger partial charge >= 0.3 is 12.2 Å². The van der Waals surface area contributed by atoms with Crippen molar-refractivity contribution in [2.24, 2.45) is 0 Å². The van der Waals surface area contributed by atoms with E-state index in [0.29, 0.717) is 43.1 Å². The van der Waals surface area contributed by atoms with E-state index in [-0.39, 0.29) is 18.8 Å². The molecule has 0 aromatic heterocycles. The molecule has 33 heavy (non-hydrogen) atoms. The van der Waals surface area contributed by atoms with Gasteiger partial charge in [-0.2, -0.15) is 0 Å². The number of benzene rings is 2. The summed E-state index contributed by atoms with van der Waals surface area (Å²) < 4.78 is 22.2. The van der Waals surface area contributed by atoms with Crippen molar-refractivity contribution in [1.29, 1.82) is 0 Å². The van der Waals surface area contributed by atoms with Gasteiger partial charge in [0.2, 0.25) is 0 Å². The normalized spacial score (nSPS) is 14.4. The van der Waals surface area contributed by atoms with E-state index in [1.807, 2.05) is 30.3 Å². The fourth-order valence-corrected chi connectivity index (χ4v) is 3.42. The zero-order valence-corrected chi connectivity index (χ0v) is 19.6. The van der Waals surface area contributed by atoms with Gasteiger partial charge in [-0.1, -0.05) is 30.3 Å². The number of rotatable bonds is 6. The average Bonchev–Trinajstić information content (AvgIpc) is 2.78. The van der Waals surface area contributed by atoms with Crippen molar-refractivity contribution >= 4 is 17.9 Å². The summed E-state index contributed by atoms with van der Waals surface area (Å²) in [6, 6.07) is 14.8. The van der Waals surface area contributed by atoms with Crippen LogP contribution in [0.1, 0.15) is 39.2 Å². The molecule has 0 bridgehead atoms. The molecule has 0 aliphatic carbocycles. The third kappa shape index (κ3) is 7.59. The Morgan fingerprint density at radius 2 is 1.76 bits per heavy atom. The average molecular weight is 457 g/mol. The number of hydrogen-bond acceptors (Lipinski definition) is 6. The number of carbonyl (C=O) groups is 2. The molecular weight excluding hydrogens is 424 g/mol. The molecule has 1 heterocycles. The summed E-state index contributed by atoms with van der Waals surface area (Å²) in [5.74, 6) is 1.10. The topological polar surface area (TPSA) is 86.3 Å². The zero-order valence-electron chi connectivity index (χ0n) is 19.6. The van der Waals surface area contributed by atoms with Gasteiger partial charge in [0.05, 0.1) is 12.8 Å². The molecule has 0 radical (unpaired) electrons. The van der Waals surface area contributed by atoms with E-state index in [4.69, 9.17) is 18.9 Å². The van der Waals surface area contributed by atoms with Crippen LogP contribution < -0.4 is 14.8 Å². The van der Waals surface area contributed by atoms with Crippen LogP contribution in [-0.4, -0.2) is 49.0 Å². The monoisotopic (exact) mass is 456 g/mol. The summed E-state index contributed by atoms with van der Waals surface area (Å²) in [6.45, 7) is 6.79. The second kappa shape index (κ2) is 10.9. The minimum Gasteiger partial charge on any atom is -0.494 e. The molecule has 0 spiro atoms. The maximum absolute atomic E-state index is 12.3. The van der Waals surface area contributed by atoms with Crippen LogP contribution in [0.15, 0.2) is 48.5 Å². The van der Waals surface area contributed by atoms with Crippen molar-refractivity contribution in [3.8, 4) is 11.5 Å². The SMILES string of the molecule is COc1cc(OC2CCN(C(=O)OCc3ccccc3)CC2)ccc1NC(=O)OC(C)(C)C. The Balaban J connectivity index is 1.48. The summed E-state index contributed by atoms with van der Waals surface area (Å²) in [6.07, 6.45) is 0.497. The Morgan fingerprint density at radius 3 is 2.39 bits per heavy atom. The molecule has 2 aromatic carbocycles. The number of nitrogens with one attached hydrogen (secondary N) is 1. The third-order valence-electron chi connectivity index (χ3n) is 5.02. The first-order chi connectivity index (χ1) is 15.7. The van der Waals surface area contributed by atoms with Crippen molar-refractivity contribution in [3.63, 3.8) is 0 Å². The van der Waals surface area contributed by atoms with Gasteiger partial charge in [-0.25, -0.2) is 9.59 Å². The van der Waals surface area contributed by atoms with Crippen LogP contribution in [0.4, 0.5) is 15.3 Å². The van der Waals surface area contributed by atoms with Crippen LogP contribution in [0.3, 0.4) is 0 Å². The van der Waals surface area contributed by atoms with Crippen molar-refractivity contribution in [3.05, 3.63) is 54.1 Å². The van der Waals surface area contributed by atoms with Crippen LogP contribution in [0.2, 0.25) is 0 Å². The number of carbonyl (C=O) groups excluding carboxylic acids is 2. The molecular formula is C25H32N2O6.